The molecular weight excluding hydrogens is 358 g/mol. The second-order valence-electron chi connectivity index (χ2n) is 6.24. The van der Waals surface area contributed by atoms with Crippen molar-refractivity contribution in [3.63, 3.8) is 0 Å². The van der Waals surface area contributed by atoms with Gasteiger partial charge < -0.3 is 5.32 Å². The topological polar surface area (TPSA) is 64.0 Å². The number of benzene rings is 2. The van der Waals surface area contributed by atoms with Gasteiger partial charge in [-0.2, -0.15) is 0 Å². The average Bonchev–Trinajstić information content (AvgIpc) is 2.65. The number of aromatic nitrogens is 2. The molecule has 0 unspecified atom stereocenters. The van der Waals surface area contributed by atoms with Crippen LogP contribution in [0.2, 0.25) is 0 Å². The summed E-state index contributed by atoms with van der Waals surface area (Å²) in [5, 5.41) is 3.41. The molecule has 0 bridgehead atoms. The van der Waals surface area contributed by atoms with Gasteiger partial charge in [-0.25, -0.2) is 4.98 Å². The van der Waals surface area contributed by atoms with E-state index in [1.807, 2.05) is 61.5 Å². The third-order valence-electron chi connectivity index (χ3n) is 4.03. The van der Waals surface area contributed by atoms with Gasteiger partial charge in [-0.3, -0.25) is 14.2 Å². The van der Waals surface area contributed by atoms with Crippen LogP contribution in [0.1, 0.15) is 16.8 Å². The van der Waals surface area contributed by atoms with Gasteiger partial charge in [-0.05, 0) is 31.0 Å². The number of anilines is 1. The van der Waals surface area contributed by atoms with Crippen LogP contribution in [0.5, 0.6) is 0 Å². The third kappa shape index (κ3) is 5.08. The number of para-hydroxylation sites is 1. The number of carbonyl (C=O) groups excluding carboxylic acids is 1. The molecule has 0 saturated carbocycles. The highest BCUT2D eigenvalue weighted by Crippen LogP contribution is 2.20. The van der Waals surface area contributed by atoms with Crippen LogP contribution in [0.25, 0.3) is 0 Å². The summed E-state index contributed by atoms with van der Waals surface area (Å²) in [5.74, 6) is 0.425. The Morgan fingerprint density at radius 3 is 2.52 bits per heavy atom. The molecule has 0 fully saturated rings. The summed E-state index contributed by atoms with van der Waals surface area (Å²) in [7, 11) is 0. The fourth-order valence-electron chi connectivity index (χ4n) is 2.62. The van der Waals surface area contributed by atoms with Crippen molar-refractivity contribution in [2.75, 3.05) is 5.32 Å². The van der Waals surface area contributed by atoms with Gasteiger partial charge in [-0.15, -0.1) is 0 Å². The fraction of sp³-hybridized carbons (Fsp3) is 0.190. The average molecular weight is 379 g/mol. The van der Waals surface area contributed by atoms with E-state index in [4.69, 9.17) is 0 Å². The normalized spacial score (nSPS) is 10.6. The van der Waals surface area contributed by atoms with Crippen LogP contribution in [0, 0.1) is 13.8 Å². The highest BCUT2D eigenvalue weighted by Gasteiger charge is 2.13. The van der Waals surface area contributed by atoms with E-state index in [0.717, 1.165) is 16.8 Å². The van der Waals surface area contributed by atoms with E-state index in [1.54, 1.807) is 6.92 Å². The Bertz CT molecular complexity index is 1000. The molecule has 1 N–H and O–H groups in total. The molecule has 0 spiro atoms. The highest BCUT2D eigenvalue weighted by molar-refractivity contribution is 7.98. The summed E-state index contributed by atoms with van der Waals surface area (Å²) in [6.45, 7) is 3.64. The number of rotatable bonds is 6. The van der Waals surface area contributed by atoms with Crippen LogP contribution in [0.3, 0.4) is 0 Å². The standard InChI is InChI=1S/C21H21N3O2S/c1-15-8-6-7-11-18(15)23-19(25)13-24-20(26)12-16(2)22-21(24)27-14-17-9-4-3-5-10-17/h3-12H,13-14H2,1-2H3,(H,23,25). The molecule has 2 aromatic carbocycles. The molecule has 138 valence electrons. The van der Waals surface area contributed by atoms with E-state index in [2.05, 4.69) is 10.3 Å². The Morgan fingerprint density at radius 2 is 1.78 bits per heavy atom. The first-order valence-electron chi connectivity index (χ1n) is 8.63. The molecule has 5 nitrogen and oxygen atoms in total. The number of thioether (sulfide) groups is 1. The van der Waals surface area contributed by atoms with Crippen LogP contribution >= 0.6 is 11.8 Å². The predicted octanol–water partition coefficient (Wildman–Crippen LogP) is 3.79. The Hall–Kier alpha value is -2.86. The largest absolute Gasteiger partial charge is 0.324 e. The number of nitrogens with zero attached hydrogens (tertiary/aromatic N) is 2. The first kappa shape index (κ1) is 18.9. The minimum Gasteiger partial charge on any atom is -0.324 e. The SMILES string of the molecule is Cc1cc(=O)n(CC(=O)Nc2ccccc2C)c(SCc2ccccc2)n1. The molecule has 0 aliphatic carbocycles. The highest BCUT2D eigenvalue weighted by atomic mass is 32.2. The van der Waals surface area contributed by atoms with Crippen LogP contribution in [0.4, 0.5) is 5.69 Å². The summed E-state index contributed by atoms with van der Waals surface area (Å²) in [6, 6.07) is 19.0. The maximum absolute atomic E-state index is 12.5. The Balaban J connectivity index is 1.78. The van der Waals surface area contributed by atoms with Crippen molar-refractivity contribution in [1.29, 1.82) is 0 Å². The van der Waals surface area contributed by atoms with Gasteiger partial charge in [0.05, 0.1) is 0 Å². The number of aryl methyl sites for hydroxylation is 2. The predicted molar refractivity (Wildman–Crippen MR) is 109 cm³/mol. The Kier molecular flexibility index (Phi) is 6.08. The van der Waals surface area contributed by atoms with Crippen molar-refractivity contribution in [1.82, 2.24) is 9.55 Å². The van der Waals surface area contributed by atoms with Crippen molar-refractivity contribution < 1.29 is 4.79 Å². The van der Waals surface area contributed by atoms with E-state index in [-0.39, 0.29) is 18.0 Å². The number of hydrogen-bond acceptors (Lipinski definition) is 4. The third-order valence-corrected chi connectivity index (χ3v) is 5.08. The summed E-state index contributed by atoms with van der Waals surface area (Å²) < 4.78 is 1.42. The summed E-state index contributed by atoms with van der Waals surface area (Å²) in [4.78, 5) is 29.4. The van der Waals surface area contributed by atoms with Gasteiger partial charge in [0.15, 0.2) is 5.16 Å². The van der Waals surface area contributed by atoms with Crippen molar-refractivity contribution in [2.45, 2.75) is 31.3 Å². The number of carbonyl (C=O) groups is 1. The zero-order chi connectivity index (χ0) is 19.2. The fourth-order valence-corrected chi connectivity index (χ4v) is 3.63. The second kappa shape index (κ2) is 8.68. The van der Waals surface area contributed by atoms with Gasteiger partial charge in [0.1, 0.15) is 6.54 Å². The lowest BCUT2D eigenvalue weighted by Crippen LogP contribution is -2.29. The van der Waals surface area contributed by atoms with Gasteiger partial charge in [0, 0.05) is 23.2 Å². The number of hydrogen-bond donors (Lipinski definition) is 1. The van der Waals surface area contributed by atoms with E-state index >= 15 is 0 Å². The molecule has 0 aliphatic rings. The minimum atomic E-state index is -0.251. The van der Waals surface area contributed by atoms with Crippen LogP contribution in [0.15, 0.2) is 70.6 Å². The Labute approximate surface area is 162 Å². The molecule has 3 aromatic rings. The molecule has 1 heterocycles. The lowest BCUT2D eigenvalue weighted by Gasteiger charge is -2.13. The minimum absolute atomic E-state index is 0.0719. The van der Waals surface area contributed by atoms with E-state index < -0.39 is 0 Å². The summed E-state index contributed by atoms with van der Waals surface area (Å²) in [5.41, 5.74) is 3.27. The zero-order valence-electron chi connectivity index (χ0n) is 15.3. The maximum atomic E-state index is 12.5. The molecule has 0 aliphatic heterocycles. The first-order chi connectivity index (χ1) is 13.0. The molecule has 1 aromatic heterocycles. The molecule has 3 rings (SSSR count). The molecule has 0 radical (unpaired) electrons. The molecule has 1 amide bonds. The molecule has 0 saturated heterocycles. The van der Waals surface area contributed by atoms with Gasteiger partial charge >= 0.3 is 0 Å². The summed E-state index contributed by atoms with van der Waals surface area (Å²) >= 11 is 1.45. The van der Waals surface area contributed by atoms with Crippen LogP contribution in [-0.2, 0) is 17.1 Å². The number of amides is 1. The van der Waals surface area contributed by atoms with Crippen molar-refractivity contribution in [3.05, 3.63) is 87.8 Å². The first-order valence-corrected chi connectivity index (χ1v) is 9.62. The van der Waals surface area contributed by atoms with Crippen molar-refractivity contribution in [3.8, 4) is 0 Å². The second-order valence-corrected chi connectivity index (χ2v) is 7.18. The molecule has 27 heavy (non-hydrogen) atoms. The number of nitrogens with one attached hydrogen (secondary N) is 1. The molecule has 6 heteroatoms. The van der Waals surface area contributed by atoms with E-state index in [1.165, 1.54) is 22.4 Å². The quantitative estimate of drug-likeness (QED) is 0.523. The smallest absolute Gasteiger partial charge is 0.254 e. The van der Waals surface area contributed by atoms with Crippen LogP contribution in [-0.4, -0.2) is 15.5 Å². The lowest BCUT2D eigenvalue weighted by atomic mass is 10.2. The lowest BCUT2D eigenvalue weighted by molar-refractivity contribution is -0.116. The van der Waals surface area contributed by atoms with Crippen molar-refractivity contribution in [2.24, 2.45) is 0 Å². The van der Waals surface area contributed by atoms with Gasteiger partial charge in [0.25, 0.3) is 5.56 Å². The van der Waals surface area contributed by atoms with Gasteiger partial charge in [-0.1, -0.05) is 60.3 Å². The maximum Gasteiger partial charge on any atom is 0.254 e. The van der Waals surface area contributed by atoms with Crippen LogP contribution < -0.4 is 10.9 Å². The van der Waals surface area contributed by atoms with Gasteiger partial charge in [0.2, 0.25) is 5.91 Å². The Morgan fingerprint density at radius 1 is 1.07 bits per heavy atom. The molecular formula is C21H21N3O2S. The molecule has 0 atom stereocenters. The van der Waals surface area contributed by atoms with Crippen molar-refractivity contribution >= 4 is 23.4 Å². The van der Waals surface area contributed by atoms with E-state index in [0.29, 0.717) is 16.6 Å². The van der Waals surface area contributed by atoms with E-state index in [9.17, 15) is 9.59 Å². The zero-order valence-corrected chi connectivity index (χ0v) is 16.1. The monoisotopic (exact) mass is 379 g/mol. The summed E-state index contributed by atoms with van der Waals surface area (Å²) in [6.07, 6.45) is 0.